The van der Waals surface area contributed by atoms with Gasteiger partial charge in [-0.2, -0.15) is 5.10 Å². The molecule has 186 valence electrons. The van der Waals surface area contributed by atoms with Crippen molar-refractivity contribution in [3.8, 4) is 22.3 Å². The van der Waals surface area contributed by atoms with Gasteiger partial charge in [-0.1, -0.05) is 12.1 Å². The molecule has 1 aromatic carbocycles. The van der Waals surface area contributed by atoms with Gasteiger partial charge in [-0.25, -0.2) is 4.98 Å². The number of hydrogen-bond acceptors (Lipinski definition) is 6. The Morgan fingerprint density at radius 2 is 1.89 bits per heavy atom. The second-order valence-electron chi connectivity index (χ2n) is 9.47. The lowest BCUT2D eigenvalue weighted by molar-refractivity contribution is -0.138. The smallest absolute Gasteiger partial charge is 0.293 e. The van der Waals surface area contributed by atoms with Crippen molar-refractivity contribution in [1.82, 2.24) is 19.7 Å². The van der Waals surface area contributed by atoms with Crippen LogP contribution in [0.2, 0.25) is 0 Å². The Balaban J connectivity index is 0.000000429. The highest BCUT2D eigenvalue weighted by molar-refractivity contribution is 14.2. The number of carbonyl (C=O) groups is 1. The number of carbonyl (C=O) groups excluding carboxylic acids is 1. The second kappa shape index (κ2) is 11.0. The Morgan fingerprint density at radius 1 is 1.17 bits per heavy atom. The Hall–Kier alpha value is -2.53. The van der Waals surface area contributed by atoms with Crippen LogP contribution in [0.15, 0.2) is 41.7 Å². The molecule has 0 bridgehead atoms. The summed E-state index contributed by atoms with van der Waals surface area (Å²) in [7, 11) is 7.80. The molecule has 0 spiro atoms. The van der Waals surface area contributed by atoms with Gasteiger partial charge in [0.1, 0.15) is 11.2 Å². The molecule has 0 amide bonds. The zero-order valence-electron chi connectivity index (χ0n) is 21.4. The van der Waals surface area contributed by atoms with E-state index >= 15 is 0 Å². The molecule has 9 heteroatoms. The van der Waals surface area contributed by atoms with Crippen molar-refractivity contribution in [3.05, 3.63) is 47.9 Å². The first-order chi connectivity index (χ1) is 16.5. The predicted octanol–water partition coefficient (Wildman–Crippen LogP) is 6.71. The van der Waals surface area contributed by atoms with Gasteiger partial charge in [-0.3, -0.25) is 9.48 Å². The zero-order chi connectivity index (χ0) is 25.9. The van der Waals surface area contributed by atoms with E-state index < -0.39 is 0 Å². The molecule has 3 heterocycles. The third-order valence-corrected chi connectivity index (χ3v) is 7.48. The second-order valence-corrected chi connectivity index (χ2v) is 11.3. The van der Waals surface area contributed by atoms with Crippen LogP contribution in [0.5, 0.6) is 0 Å². The van der Waals surface area contributed by atoms with Gasteiger partial charge in [0.25, 0.3) is 6.47 Å². The van der Waals surface area contributed by atoms with E-state index in [4.69, 9.17) is 4.98 Å². The van der Waals surface area contributed by atoms with Crippen LogP contribution in [0, 0.1) is 13.8 Å². The van der Waals surface area contributed by atoms with Crippen LogP contribution < -0.4 is 4.90 Å². The number of nitrogens with one attached hydrogen (secondary N) is 1. The van der Waals surface area contributed by atoms with Gasteiger partial charge >= 0.3 is 0 Å². The molecule has 0 aliphatic heterocycles. The minimum atomic E-state index is -0.318. The summed E-state index contributed by atoms with van der Waals surface area (Å²) in [6.45, 7) is 10.2. The van der Waals surface area contributed by atoms with E-state index in [1.807, 2.05) is 44.9 Å². The highest BCUT2D eigenvalue weighted by Gasteiger charge is 2.20. The molecule has 4 rings (SSSR count). The van der Waals surface area contributed by atoms with E-state index in [0.717, 1.165) is 27.5 Å². The van der Waals surface area contributed by atoms with Crippen LogP contribution in [-0.2, 0) is 16.6 Å². The minimum absolute atomic E-state index is 0.318. The number of hydrogen-bond donors (Lipinski definition) is 1. The molecule has 35 heavy (non-hydrogen) atoms. The monoisotopic (exact) mass is 605 g/mol. The first kappa shape index (κ1) is 27.1. The Labute approximate surface area is 223 Å². The molecule has 0 saturated carbocycles. The number of H-pyrrole nitrogens is 1. The summed E-state index contributed by atoms with van der Waals surface area (Å²) < 4.78 is 6.46. The number of anilines is 1. The van der Waals surface area contributed by atoms with Gasteiger partial charge in [0, 0.05) is 82.0 Å². The number of aryl methyl sites for hydroxylation is 2. The van der Waals surface area contributed by atoms with Gasteiger partial charge in [-0.05, 0) is 66.8 Å². The quantitative estimate of drug-likeness (QED) is 0.201. The van der Waals surface area contributed by atoms with Crippen LogP contribution >= 0.6 is 30.1 Å². The fraction of sp³-hybridized carbons (Fsp3) is 0.346. The van der Waals surface area contributed by atoms with E-state index in [0.29, 0.717) is 6.47 Å². The summed E-state index contributed by atoms with van der Waals surface area (Å²) in [5.74, 6) is 0. The highest BCUT2D eigenvalue weighted by Crippen LogP contribution is 2.43. The summed E-state index contributed by atoms with van der Waals surface area (Å²) >= 11 is 2.34. The standard InChI is InChI=1S/C21H22IN5S.C5H10O2/c1-12-16(17-11-24-27(5)13(17)2)10-23-20-18(12)19(21(25-20)28-22)14-7-6-8-15(9-14)26(3)4;1-5(2,3)7-4-6/h6-11H,1-5H3,(H,23,25);4H,1-3H3. The van der Waals surface area contributed by atoms with Crippen molar-refractivity contribution in [2.45, 2.75) is 45.2 Å². The number of ether oxygens (including phenoxy) is 1. The van der Waals surface area contributed by atoms with Crippen molar-refractivity contribution in [1.29, 1.82) is 0 Å². The third kappa shape index (κ3) is 6.00. The molecule has 0 saturated heterocycles. The normalized spacial score (nSPS) is 11.2. The molecule has 0 radical (unpaired) electrons. The van der Waals surface area contributed by atoms with Crippen LogP contribution in [0.4, 0.5) is 5.69 Å². The molecule has 0 unspecified atom stereocenters. The first-order valence-electron chi connectivity index (χ1n) is 11.2. The van der Waals surface area contributed by atoms with Crippen molar-refractivity contribution < 1.29 is 9.53 Å². The number of nitrogens with zero attached hydrogens (tertiary/aromatic N) is 4. The lowest BCUT2D eigenvalue weighted by Gasteiger charge is -2.14. The van der Waals surface area contributed by atoms with Gasteiger partial charge in [0.15, 0.2) is 0 Å². The Kier molecular flexibility index (Phi) is 8.53. The number of fused-ring (bicyclic) bond motifs is 1. The zero-order valence-corrected chi connectivity index (χ0v) is 24.4. The average molecular weight is 606 g/mol. The van der Waals surface area contributed by atoms with E-state index in [-0.39, 0.29) is 5.60 Å². The molecular weight excluding hydrogens is 573 g/mol. The summed E-state index contributed by atoms with van der Waals surface area (Å²) in [6, 6.07) is 8.65. The van der Waals surface area contributed by atoms with Crippen molar-refractivity contribution in [3.63, 3.8) is 0 Å². The lowest BCUT2D eigenvalue weighted by Crippen LogP contribution is -2.17. The molecular formula is C26H32IN5O2S. The van der Waals surface area contributed by atoms with Crippen LogP contribution in [0.25, 0.3) is 33.3 Å². The van der Waals surface area contributed by atoms with Crippen LogP contribution in [-0.4, -0.2) is 45.9 Å². The molecule has 3 aromatic heterocycles. The SMILES string of the molecule is CC(C)(C)OC=O.Cc1c(-c2cnn(C)c2C)cnc2[nH]c(SI)c(-c3cccc(N(C)C)c3)c12. The number of rotatable bonds is 5. The predicted molar refractivity (Wildman–Crippen MR) is 154 cm³/mol. The summed E-state index contributed by atoms with van der Waals surface area (Å²) in [5.41, 5.74) is 8.82. The van der Waals surface area contributed by atoms with E-state index in [2.05, 4.69) is 93.1 Å². The molecule has 4 aromatic rings. The number of halogens is 1. The van der Waals surface area contributed by atoms with Crippen molar-refractivity contribution >= 4 is 53.3 Å². The highest BCUT2D eigenvalue weighted by atomic mass is 127. The maximum Gasteiger partial charge on any atom is 0.293 e. The number of benzene rings is 1. The maximum absolute atomic E-state index is 9.60. The van der Waals surface area contributed by atoms with Crippen LogP contribution in [0.1, 0.15) is 32.0 Å². The Bertz CT molecular complexity index is 1340. The molecule has 0 aliphatic rings. The summed E-state index contributed by atoms with van der Waals surface area (Å²) in [6.07, 6.45) is 3.89. The van der Waals surface area contributed by atoms with E-state index in [1.54, 1.807) is 8.93 Å². The molecule has 0 fully saturated rings. The average Bonchev–Trinajstić information content (AvgIpc) is 3.34. The fourth-order valence-electron chi connectivity index (χ4n) is 3.74. The minimum Gasteiger partial charge on any atom is -0.462 e. The molecule has 7 nitrogen and oxygen atoms in total. The lowest BCUT2D eigenvalue weighted by atomic mass is 9.97. The fourth-order valence-corrected chi connectivity index (χ4v) is 5.16. The van der Waals surface area contributed by atoms with Crippen molar-refractivity contribution in [2.75, 3.05) is 19.0 Å². The number of aromatic nitrogens is 4. The molecule has 1 N–H and O–H groups in total. The van der Waals surface area contributed by atoms with E-state index in [9.17, 15) is 4.79 Å². The molecule has 0 atom stereocenters. The van der Waals surface area contributed by atoms with Gasteiger partial charge < -0.3 is 14.6 Å². The summed E-state index contributed by atoms with van der Waals surface area (Å²) in [5, 5.41) is 6.72. The largest absolute Gasteiger partial charge is 0.462 e. The van der Waals surface area contributed by atoms with Crippen LogP contribution in [0.3, 0.4) is 0 Å². The van der Waals surface area contributed by atoms with E-state index in [1.165, 1.54) is 27.8 Å². The van der Waals surface area contributed by atoms with Gasteiger partial charge in [0.05, 0.1) is 11.2 Å². The maximum atomic E-state index is 9.60. The Morgan fingerprint density at radius 3 is 2.40 bits per heavy atom. The summed E-state index contributed by atoms with van der Waals surface area (Å²) in [4.78, 5) is 20.0. The number of pyridine rings is 1. The number of aromatic amines is 1. The van der Waals surface area contributed by atoms with Gasteiger partial charge in [-0.15, -0.1) is 0 Å². The first-order valence-corrected chi connectivity index (χ1v) is 14.5. The third-order valence-electron chi connectivity index (χ3n) is 5.70. The topological polar surface area (TPSA) is 76.0 Å². The van der Waals surface area contributed by atoms with Gasteiger partial charge in [0.2, 0.25) is 0 Å². The molecule has 0 aliphatic carbocycles. The van der Waals surface area contributed by atoms with Crippen molar-refractivity contribution in [2.24, 2.45) is 7.05 Å².